The van der Waals surface area contributed by atoms with E-state index in [4.69, 9.17) is 5.73 Å². The van der Waals surface area contributed by atoms with E-state index >= 15 is 0 Å². The first-order valence-corrected chi connectivity index (χ1v) is 5.16. The van der Waals surface area contributed by atoms with Gasteiger partial charge in [-0.1, -0.05) is 6.07 Å². The Kier molecular flexibility index (Phi) is 3.01. The summed E-state index contributed by atoms with van der Waals surface area (Å²) in [6.45, 7) is 0. The molecule has 0 aliphatic heterocycles. The van der Waals surface area contributed by atoms with Crippen molar-refractivity contribution in [3.05, 3.63) is 52.6 Å². The highest BCUT2D eigenvalue weighted by Gasteiger charge is 2.12. The third kappa shape index (κ3) is 2.49. The number of nitro groups is 1. The van der Waals surface area contributed by atoms with Gasteiger partial charge in [0.2, 0.25) is 0 Å². The first-order valence-electron chi connectivity index (χ1n) is 5.16. The minimum Gasteiger partial charge on any atom is -0.502 e. The maximum Gasteiger partial charge on any atom is 0.310 e. The summed E-state index contributed by atoms with van der Waals surface area (Å²) < 4.78 is 0. The number of hydrogen-bond donors (Lipinski definition) is 3. The molecule has 0 fully saturated rings. The lowest BCUT2D eigenvalue weighted by molar-refractivity contribution is -0.385. The number of nitrogens with zero attached hydrogens (tertiary/aromatic N) is 1. The third-order valence-corrected chi connectivity index (χ3v) is 2.35. The Morgan fingerprint density at radius 2 is 1.89 bits per heavy atom. The van der Waals surface area contributed by atoms with Crippen molar-refractivity contribution in [2.24, 2.45) is 0 Å². The Morgan fingerprint density at radius 1 is 1.17 bits per heavy atom. The van der Waals surface area contributed by atoms with Crippen LogP contribution in [0.5, 0.6) is 5.75 Å². The van der Waals surface area contributed by atoms with Gasteiger partial charge in [0.25, 0.3) is 0 Å². The van der Waals surface area contributed by atoms with Crippen LogP contribution in [0, 0.1) is 10.1 Å². The highest BCUT2D eigenvalue weighted by atomic mass is 16.6. The Hall–Kier alpha value is -2.76. The lowest BCUT2D eigenvalue weighted by atomic mass is 10.2. The summed E-state index contributed by atoms with van der Waals surface area (Å²) in [5, 5.41) is 23.0. The first-order chi connectivity index (χ1) is 8.56. The SMILES string of the molecule is Nc1cccc(Nc2ccc([N+](=O)[O-])c(O)c2)c1. The quantitative estimate of drug-likeness (QED) is 0.438. The highest BCUT2D eigenvalue weighted by Crippen LogP contribution is 2.30. The molecule has 0 radical (unpaired) electrons. The van der Waals surface area contributed by atoms with Gasteiger partial charge in [-0.05, 0) is 24.3 Å². The Morgan fingerprint density at radius 3 is 2.50 bits per heavy atom. The molecule has 0 saturated carbocycles. The van der Waals surface area contributed by atoms with Crippen molar-refractivity contribution in [1.82, 2.24) is 0 Å². The maximum atomic E-state index is 10.5. The van der Waals surface area contributed by atoms with Crippen LogP contribution in [0.1, 0.15) is 0 Å². The lowest BCUT2D eigenvalue weighted by Gasteiger charge is -2.07. The molecular formula is C12H11N3O3. The molecule has 6 nitrogen and oxygen atoms in total. The van der Waals surface area contributed by atoms with Gasteiger partial charge < -0.3 is 16.2 Å². The number of nitro benzene ring substituents is 1. The zero-order valence-corrected chi connectivity index (χ0v) is 9.33. The lowest BCUT2D eigenvalue weighted by Crippen LogP contribution is -1.93. The van der Waals surface area contributed by atoms with E-state index in [0.29, 0.717) is 11.4 Å². The topological polar surface area (TPSA) is 101 Å². The molecule has 0 spiro atoms. The molecule has 0 unspecified atom stereocenters. The van der Waals surface area contributed by atoms with E-state index in [-0.39, 0.29) is 11.4 Å². The van der Waals surface area contributed by atoms with Crippen LogP contribution in [-0.2, 0) is 0 Å². The summed E-state index contributed by atoms with van der Waals surface area (Å²) in [7, 11) is 0. The molecule has 0 aliphatic rings. The number of benzene rings is 2. The number of phenolic OH excluding ortho intramolecular Hbond substituents is 1. The van der Waals surface area contributed by atoms with E-state index in [1.54, 1.807) is 24.3 Å². The van der Waals surface area contributed by atoms with Crippen LogP contribution in [0.4, 0.5) is 22.7 Å². The van der Waals surface area contributed by atoms with E-state index in [1.165, 1.54) is 18.2 Å². The van der Waals surface area contributed by atoms with Crippen molar-refractivity contribution in [2.75, 3.05) is 11.1 Å². The van der Waals surface area contributed by atoms with Crippen LogP contribution >= 0.6 is 0 Å². The summed E-state index contributed by atoms with van der Waals surface area (Å²) in [5.74, 6) is -0.381. The second-order valence-corrected chi connectivity index (χ2v) is 3.71. The molecule has 2 aromatic rings. The number of nitrogens with one attached hydrogen (secondary N) is 1. The monoisotopic (exact) mass is 245 g/mol. The van der Waals surface area contributed by atoms with Crippen molar-refractivity contribution in [1.29, 1.82) is 0 Å². The van der Waals surface area contributed by atoms with Gasteiger partial charge >= 0.3 is 5.69 Å². The Balaban J connectivity index is 2.25. The van der Waals surface area contributed by atoms with Gasteiger partial charge in [0.05, 0.1) is 4.92 Å². The molecule has 0 aromatic heterocycles. The minimum absolute atomic E-state index is 0.326. The average molecular weight is 245 g/mol. The molecule has 2 aromatic carbocycles. The zero-order valence-electron chi connectivity index (χ0n) is 9.33. The molecule has 0 saturated heterocycles. The second kappa shape index (κ2) is 4.62. The Bertz CT molecular complexity index is 599. The van der Waals surface area contributed by atoms with E-state index in [2.05, 4.69) is 5.32 Å². The van der Waals surface area contributed by atoms with Gasteiger partial charge in [-0.15, -0.1) is 0 Å². The van der Waals surface area contributed by atoms with Gasteiger partial charge in [0.1, 0.15) is 0 Å². The standard InChI is InChI=1S/C12H11N3O3/c13-8-2-1-3-9(6-8)14-10-4-5-11(15(17)18)12(16)7-10/h1-7,14,16H,13H2. The fourth-order valence-corrected chi connectivity index (χ4v) is 1.54. The Labute approximate surface area is 103 Å². The van der Waals surface area contributed by atoms with Crippen LogP contribution in [0.2, 0.25) is 0 Å². The van der Waals surface area contributed by atoms with Gasteiger partial charge in [-0.3, -0.25) is 10.1 Å². The summed E-state index contributed by atoms with van der Waals surface area (Å²) in [4.78, 5) is 9.91. The van der Waals surface area contributed by atoms with E-state index in [9.17, 15) is 15.2 Å². The van der Waals surface area contributed by atoms with Crippen LogP contribution in [-0.4, -0.2) is 10.0 Å². The molecule has 0 atom stereocenters. The average Bonchev–Trinajstić information content (AvgIpc) is 2.28. The fraction of sp³-hybridized carbons (Fsp3) is 0. The predicted molar refractivity (Wildman–Crippen MR) is 68.9 cm³/mol. The summed E-state index contributed by atoms with van der Waals surface area (Å²) in [6.07, 6.45) is 0. The summed E-state index contributed by atoms with van der Waals surface area (Å²) >= 11 is 0. The fourth-order valence-electron chi connectivity index (χ4n) is 1.54. The van der Waals surface area contributed by atoms with Crippen molar-refractivity contribution >= 4 is 22.7 Å². The van der Waals surface area contributed by atoms with Crippen LogP contribution in [0.25, 0.3) is 0 Å². The van der Waals surface area contributed by atoms with E-state index in [1.807, 2.05) is 0 Å². The highest BCUT2D eigenvalue weighted by molar-refractivity contribution is 5.66. The van der Waals surface area contributed by atoms with Crippen molar-refractivity contribution in [3.8, 4) is 5.75 Å². The normalized spacial score (nSPS) is 10.0. The maximum absolute atomic E-state index is 10.5. The first kappa shape index (κ1) is 11.7. The molecule has 18 heavy (non-hydrogen) atoms. The second-order valence-electron chi connectivity index (χ2n) is 3.71. The van der Waals surface area contributed by atoms with Crippen molar-refractivity contribution in [2.45, 2.75) is 0 Å². The van der Waals surface area contributed by atoms with Crippen LogP contribution in [0.15, 0.2) is 42.5 Å². The number of phenols is 1. The van der Waals surface area contributed by atoms with Crippen molar-refractivity contribution < 1.29 is 10.0 Å². The van der Waals surface area contributed by atoms with Crippen LogP contribution in [0.3, 0.4) is 0 Å². The number of anilines is 3. The molecule has 6 heteroatoms. The molecule has 2 rings (SSSR count). The molecule has 4 N–H and O–H groups in total. The minimum atomic E-state index is -0.639. The molecule has 0 heterocycles. The number of aromatic hydroxyl groups is 1. The smallest absolute Gasteiger partial charge is 0.310 e. The molecule has 0 amide bonds. The van der Waals surface area contributed by atoms with Gasteiger partial charge in [0.15, 0.2) is 5.75 Å². The van der Waals surface area contributed by atoms with Crippen molar-refractivity contribution in [3.63, 3.8) is 0 Å². The molecule has 0 aliphatic carbocycles. The van der Waals surface area contributed by atoms with E-state index in [0.717, 1.165) is 5.69 Å². The number of hydrogen-bond acceptors (Lipinski definition) is 5. The van der Waals surface area contributed by atoms with E-state index < -0.39 is 4.92 Å². The zero-order chi connectivity index (χ0) is 13.1. The summed E-state index contributed by atoms with van der Waals surface area (Å²) in [6, 6.07) is 11.1. The molecular weight excluding hydrogens is 234 g/mol. The molecule has 0 bridgehead atoms. The third-order valence-electron chi connectivity index (χ3n) is 2.35. The molecule has 92 valence electrons. The van der Waals surface area contributed by atoms with Gasteiger partial charge in [-0.2, -0.15) is 0 Å². The number of nitrogens with two attached hydrogens (primary N) is 1. The van der Waals surface area contributed by atoms with Gasteiger partial charge in [-0.25, -0.2) is 0 Å². The van der Waals surface area contributed by atoms with Gasteiger partial charge in [0, 0.05) is 29.2 Å². The number of nitrogen functional groups attached to an aromatic ring is 1. The summed E-state index contributed by atoms with van der Waals surface area (Å²) in [5.41, 5.74) is 7.19. The largest absolute Gasteiger partial charge is 0.502 e. The number of rotatable bonds is 3. The predicted octanol–water partition coefficient (Wildman–Crippen LogP) is 2.63. The van der Waals surface area contributed by atoms with Crippen LogP contribution < -0.4 is 11.1 Å².